The Morgan fingerprint density at radius 2 is 1.85 bits per heavy atom. The molecule has 2 aromatic rings. The molecule has 136 valence electrons. The number of carbonyl (C=O) groups excluding carboxylic acids is 2. The van der Waals surface area contributed by atoms with E-state index < -0.39 is 6.04 Å². The average Bonchev–Trinajstić information content (AvgIpc) is 2.90. The van der Waals surface area contributed by atoms with E-state index in [1.807, 2.05) is 39.0 Å². The average molecular weight is 352 g/mol. The summed E-state index contributed by atoms with van der Waals surface area (Å²) in [4.78, 5) is 26.5. The first-order valence-corrected chi connectivity index (χ1v) is 8.93. The molecule has 1 N–H and O–H groups in total. The molecule has 1 fully saturated rings. The Morgan fingerprint density at radius 3 is 2.54 bits per heavy atom. The molecule has 0 spiro atoms. The van der Waals surface area contributed by atoms with Gasteiger partial charge in [0, 0.05) is 5.69 Å². The highest BCUT2D eigenvalue weighted by atomic mass is 16.5. The van der Waals surface area contributed by atoms with Crippen LogP contribution < -0.4 is 15.0 Å². The smallest absolute Gasteiger partial charge is 0.256 e. The molecule has 0 aromatic heterocycles. The Hall–Kier alpha value is -2.82. The predicted octanol–water partition coefficient (Wildman–Crippen LogP) is 3.84. The highest BCUT2D eigenvalue weighted by molar-refractivity contribution is 6.23. The molecule has 5 heteroatoms. The number of nitrogens with zero attached hydrogens (tertiary/aromatic N) is 1. The van der Waals surface area contributed by atoms with Gasteiger partial charge in [-0.2, -0.15) is 0 Å². The quantitative estimate of drug-likeness (QED) is 0.803. The number of aryl methyl sites for hydroxylation is 2. The van der Waals surface area contributed by atoms with Crippen LogP contribution in [-0.4, -0.2) is 24.5 Å². The lowest BCUT2D eigenvalue weighted by atomic mass is 10.1. The van der Waals surface area contributed by atoms with Crippen molar-refractivity contribution in [2.24, 2.45) is 0 Å². The molecule has 1 heterocycles. The molecule has 0 bridgehead atoms. The predicted molar refractivity (Wildman–Crippen MR) is 103 cm³/mol. The van der Waals surface area contributed by atoms with Crippen LogP contribution in [0.15, 0.2) is 42.5 Å². The van der Waals surface area contributed by atoms with Crippen LogP contribution in [0, 0.1) is 13.8 Å². The minimum absolute atomic E-state index is 0.153. The van der Waals surface area contributed by atoms with Gasteiger partial charge >= 0.3 is 0 Å². The number of hydrogen-bond donors (Lipinski definition) is 1. The van der Waals surface area contributed by atoms with E-state index in [4.69, 9.17) is 4.74 Å². The van der Waals surface area contributed by atoms with Gasteiger partial charge in [-0.05, 0) is 61.7 Å². The molecular formula is C21H24N2O3. The summed E-state index contributed by atoms with van der Waals surface area (Å²) in [6.07, 6.45) is 1.08. The first-order valence-electron chi connectivity index (χ1n) is 8.93. The third-order valence-corrected chi connectivity index (χ3v) is 4.44. The van der Waals surface area contributed by atoms with Crippen molar-refractivity contribution < 1.29 is 14.3 Å². The second kappa shape index (κ2) is 7.60. The van der Waals surface area contributed by atoms with Crippen LogP contribution in [0.2, 0.25) is 0 Å². The fraction of sp³-hybridized carbons (Fsp3) is 0.333. The monoisotopic (exact) mass is 352 g/mol. The van der Waals surface area contributed by atoms with Crippen LogP contribution in [0.5, 0.6) is 5.75 Å². The number of ether oxygens (including phenoxy) is 1. The zero-order chi connectivity index (χ0) is 18.7. The van der Waals surface area contributed by atoms with Gasteiger partial charge in [0.1, 0.15) is 11.8 Å². The Labute approximate surface area is 154 Å². The van der Waals surface area contributed by atoms with Crippen molar-refractivity contribution in [1.29, 1.82) is 0 Å². The van der Waals surface area contributed by atoms with E-state index in [0.717, 1.165) is 29.0 Å². The number of hydrogen-bond acceptors (Lipinski definition) is 4. The van der Waals surface area contributed by atoms with Crippen LogP contribution in [0.3, 0.4) is 0 Å². The number of benzene rings is 2. The van der Waals surface area contributed by atoms with Gasteiger partial charge in [0.05, 0.1) is 18.7 Å². The van der Waals surface area contributed by atoms with Crippen LogP contribution in [0.1, 0.15) is 30.9 Å². The standard InChI is InChI=1S/C21H24N2O3/c1-4-11-26-17-9-7-16(8-10-17)23-20(24)13-19(21(23)25)22-18-12-14(2)5-6-15(18)3/h5-10,12,19,22H,4,11,13H2,1-3H3/t19-/m0/s1. The van der Waals surface area contributed by atoms with E-state index in [0.29, 0.717) is 12.3 Å². The maximum absolute atomic E-state index is 12.8. The summed E-state index contributed by atoms with van der Waals surface area (Å²) >= 11 is 0. The Balaban J connectivity index is 1.75. The molecule has 0 radical (unpaired) electrons. The molecule has 26 heavy (non-hydrogen) atoms. The van der Waals surface area contributed by atoms with E-state index in [9.17, 15) is 9.59 Å². The highest BCUT2D eigenvalue weighted by Crippen LogP contribution is 2.28. The van der Waals surface area contributed by atoms with Gasteiger partial charge in [-0.1, -0.05) is 19.1 Å². The van der Waals surface area contributed by atoms with Crippen LogP contribution in [0.4, 0.5) is 11.4 Å². The van der Waals surface area contributed by atoms with Crippen molar-refractivity contribution in [3.8, 4) is 5.75 Å². The molecule has 1 aliphatic rings. The summed E-state index contributed by atoms with van der Waals surface area (Å²) in [6.45, 7) is 6.66. The molecule has 0 unspecified atom stereocenters. The number of carbonyl (C=O) groups is 2. The molecule has 1 aliphatic heterocycles. The molecule has 2 aromatic carbocycles. The second-order valence-corrected chi connectivity index (χ2v) is 6.63. The number of amides is 2. The zero-order valence-corrected chi connectivity index (χ0v) is 15.4. The summed E-state index contributed by atoms with van der Waals surface area (Å²) in [7, 11) is 0. The van der Waals surface area contributed by atoms with E-state index in [2.05, 4.69) is 5.32 Å². The largest absolute Gasteiger partial charge is 0.494 e. The minimum Gasteiger partial charge on any atom is -0.494 e. The Morgan fingerprint density at radius 1 is 1.12 bits per heavy atom. The number of imide groups is 1. The lowest BCUT2D eigenvalue weighted by Gasteiger charge is -2.17. The SMILES string of the molecule is CCCOc1ccc(N2C(=O)C[C@H](Nc3cc(C)ccc3C)C2=O)cc1. The molecule has 1 saturated heterocycles. The van der Waals surface area contributed by atoms with Gasteiger partial charge in [0.25, 0.3) is 5.91 Å². The van der Waals surface area contributed by atoms with E-state index in [1.54, 1.807) is 24.3 Å². The summed E-state index contributed by atoms with van der Waals surface area (Å²) < 4.78 is 5.55. The van der Waals surface area contributed by atoms with Crippen LogP contribution >= 0.6 is 0 Å². The second-order valence-electron chi connectivity index (χ2n) is 6.63. The first kappa shape index (κ1) is 18.0. The molecule has 0 saturated carbocycles. The first-order chi connectivity index (χ1) is 12.5. The summed E-state index contributed by atoms with van der Waals surface area (Å²) in [5.41, 5.74) is 3.62. The van der Waals surface area contributed by atoms with Crippen molar-refractivity contribution in [1.82, 2.24) is 0 Å². The van der Waals surface area contributed by atoms with Crippen LogP contribution in [-0.2, 0) is 9.59 Å². The fourth-order valence-electron chi connectivity index (χ4n) is 3.01. The van der Waals surface area contributed by atoms with Gasteiger partial charge in [0.2, 0.25) is 5.91 Å². The maximum atomic E-state index is 12.8. The third-order valence-electron chi connectivity index (χ3n) is 4.44. The minimum atomic E-state index is -0.543. The van der Waals surface area contributed by atoms with Crippen molar-refractivity contribution in [2.75, 3.05) is 16.8 Å². The topological polar surface area (TPSA) is 58.6 Å². The highest BCUT2D eigenvalue weighted by Gasteiger charge is 2.39. The van der Waals surface area contributed by atoms with Gasteiger partial charge < -0.3 is 10.1 Å². The Bertz CT molecular complexity index is 815. The lowest BCUT2D eigenvalue weighted by molar-refractivity contribution is -0.121. The molecular weight excluding hydrogens is 328 g/mol. The number of anilines is 2. The fourth-order valence-corrected chi connectivity index (χ4v) is 3.01. The van der Waals surface area contributed by atoms with E-state index in [1.165, 1.54) is 4.90 Å². The normalized spacial score (nSPS) is 16.9. The van der Waals surface area contributed by atoms with Gasteiger partial charge in [0.15, 0.2) is 0 Å². The maximum Gasteiger partial charge on any atom is 0.256 e. The van der Waals surface area contributed by atoms with E-state index in [-0.39, 0.29) is 18.2 Å². The van der Waals surface area contributed by atoms with Crippen molar-refractivity contribution in [3.05, 3.63) is 53.6 Å². The van der Waals surface area contributed by atoms with Crippen molar-refractivity contribution >= 4 is 23.2 Å². The van der Waals surface area contributed by atoms with Crippen molar-refractivity contribution in [2.45, 2.75) is 39.7 Å². The summed E-state index contributed by atoms with van der Waals surface area (Å²) in [5, 5.41) is 3.23. The number of nitrogens with one attached hydrogen (secondary N) is 1. The molecule has 3 rings (SSSR count). The van der Waals surface area contributed by atoms with Gasteiger partial charge in [-0.3, -0.25) is 9.59 Å². The third kappa shape index (κ3) is 3.72. The van der Waals surface area contributed by atoms with Crippen LogP contribution in [0.25, 0.3) is 0 Å². The lowest BCUT2D eigenvalue weighted by Crippen LogP contribution is -2.34. The molecule has 5 nitrogen and oxygen atoms in total. The van der Waals surface area contributed by atoms with Gasteiger partial charge in [-0.25, -0.2) is 4.90 Å². The summed E-state index contributed by atoms with van der Waals surface area (Å²) in [5.74, 6) is 0.318. The van der Waals surface area contributed by atoms with Gasteiger partial charge in [-0.15, -0.1) is 0 Å². The summed E-state index contributed by atoms with van der Waals surface area (Å²) in [6, 6.07) is 12.6. The Kier molecular flexibility index (Phi) is 5.26. The molecule has 0 aliphatic carbocycles. The molecule has 1 atom stereocenters. The van der Waals surface area contributed by atoms with E-state index >= 15 is 0 Å². The van der Waals surface area contributed by atoms with Crippen molar-refractivity contribution in [3.63, 3.8) is 0 Å². The zero-order valence-electron chi connectivity index (χ0n) is 15.4. The number of rotatable bonds is 6. The molecule has 2 amide bonds.